The van der Waals surface area contributed by atoms with E-state index in [1.54, 1.807) is 0 Å². The Morgan fingerprint density at radius 2 is 1.54 bits per heavy atom. The first-order valence-corrected chi connectivity index (χ1v) is 9.15. The lowest BCUT2D eigenvalue weighted by molar-refractivity contribution is 0.0760. The van der Waals surface area contributed by atoms with Crippen molar-refractivity contribution in [2.45, 2.75) is 5.72 Å². The molecule has 0 saturated heterocycles. The van der Waals surface area contributed by atoms with Crippen LogP contribution in [0.25, 0.3) is 17.0 Å². The van der Waals surface area contributed by atoms with Gasteiger partial charge in [-0.25, -0.2) is 0 Å². The zero-order valence-electron chi connectivity index (χ0n) is 15.1. The molecule has 4 aromatic rings. The highest BCUT2D eigenvalue weighted by Gasteiger charge is 2.34. The molecule has 3 aromatic carbocycles. The lowest BCUT2D eigenvalue weighted by Crippen LogP contribution is -2.45. The van der Waals surface area contributed by atoms with Crippen molar-refractivity contribution in [2.24, 2.45) is 5.10 Å². The van der Waals surface area contributed by atoms with E-state index in [1.165, 1.54) is 0 Å². The monoisotopic (exact) mass is 366 g/mol. The Bertz CT molecular complexity index is 1230. The molecule has 5 rings (SSSR count). The third kappa shape index (κ3) is 2.95. The van der Waals surface area contributed by atoms with E-state index in [4.69, 9.17) is 9.15 Å². The number of benzene rings is 3. The van der Waals surface area contributed by atoms with Crippen molar-refractivity contribution >= 4 is 17.0 Å². The minimum Gasteiger partial charge on any atom is -0.458 e. The second-order valence-corrected chi connectivity index (χ2v) is 6.61. The molecule has 1 N–H and O–H groups in total. The minimum atomic E-state index is -0.920. The molecule has 4 heteroatoms. The molecule has 2 heterocycles. The number of para-hydroxylation sites is 2. The molecule has 1 aromatic heterocycles. The lowest BCUT2D eigenvalue weighted by Gasteiger charge is -2.34. The largest absolute Gasteiger partial charge is 0.458 e. The second-order valence-electron chi connectivity index (χ2n) is 6.61. The maximum atomic E-state index is 6.38. The first-order chi connectivity index (χ1) is 13.8. The van der Waals surface area contributed by atoms with Gasteiger partial charge in [-0.3, -0.25) is 5.43 Å². The molecule has 0 saturated carbocycles. The van der Waals surface area contributed by atoms with Crippen molar-refractivity contribution in [3.05, 3.63) is 114 Å². The van der Waals surface area contributed by atoms with E-state index >= 15 is 0 Å². The average Bonchev–Trinajstić information content (AvgIpc) is 2.78. The molecule has 136 valence electrons. The molecule has 0 radical (unpaired) electrons. The van der Waals surface area contributed by atoms with Crippen LogP contribution in [0.15, 0.2) is 107 Å². The molecule has 0 amide bonds. The maximum absolute atomic E-state index is 6.38. The standard InChI is InChI=1S/C24H18N2O2/c1-2-10-20(11-3-1)24(17-16-19-9-5-7-13-22(19)28-24)26-25-23-15-14-18-8-4-6-12-21(18)27-23/h1-17,26H. The Hall–Kier alpha value is -3.79. The van der Waals surface area contributed by atoms with Crippen molar-refractivity contribution in [3.8, 4) is 5.75 Å². The summed E-state index contributed by atoms with van der Waals surface area (Å²) >= 11 is 0. The topological polar surface area (TPSA) is 46.8 Å². The Morgan fingerprint density at radius 1 is 0.750 bits per heavy atom. The summed E-state index contributed by atoms with van der Waals surface area (Å²) in [5.74, 6) is 0.798. The smallest absolute Gasteiger partial charge is 0.241 e. The summed E-state index contributed by atoms with van der Waals surface area (Å²) in [6.07, 6.45) is 4.03. The highest BCUT2D eigenvalue weighted by molar-refractivity contribution is 5.75. The SMILES string of the molecule is C1=CC(NN=c2ccc3ccccc3o2)(c2ccccc2)Oc2ccccc21. The molecule has 0 aliphatic carbocycles. The van der Waals surface area contributed by atoms with E-state index in [0.717, 1.165) is 27.8 Å². The Labute approximate surface area is 162 Å². The van der Waals surface area contributed by atoms with Gasteiger partial charge in [0.15, 0.2) is 0 Å². The number of nitrogens with one attached hydrogen (secondary N) is 1. The quantitative estimate of drug-likeness (QED) is 0.530. The first kappa shape index (κ1) is 16.4. The lowest BCUT2D eigenvalue weighted by atomic mass is 9.98. The summed E-state index contributed by atoms with van der Waals surface area (Å²) in [5, 5.41) is 5.54. The molecule has 28 heavy (non-hydrogen) atoms. The van der Waals surface area contributed by atoms with Gasteiger partial charge >= 0.3 is 0 Å². The van der Waals surface area contributed by atoms with E-state index < -0.39 is 5.72 Å². The van der Waals surface area contributed by atoms with Crippen LogP contribution < -0.4 is 15.7 Å². The van der Waals surface area contributed by atoms with E-state index in [9.17, 15) is 0 Å². The molecule has 1 atom stereocenters. The molecule has 1 aliphatic rings. The van der Waals surface area contributed by atoms with Crippen LogP contribution in [-0.2, 0) is 5.72 Å². The van der Waals surface area contributed by atoms with Crippen LogP contribution in [0, 0.1) is 0 Å². The van der Waals surface area contributed by atoms with E-state index in [-0.39, 0.29) is 0 Å². The zero-order chi connectivity index (χ0) is 18.8. The van der Waals surface area contributed by atoms with E-state index in [1.807, 2.05) is 103 Å². The normalized spacial score (nSPS) is 18.5. The van der Waals surface area contributed by atoms with Crippen LogP contribution in [0.3, 0.4) is 0 Å². The Morgan fingerprint density at radius 3 is 2.46 bits per heavy atom. The van der Waals surface area contributed by atoms with Crippen LogP contribution in [0.4, 0.5) is 0 Å². The Kier molecular flexibility index (Phi) is 3.95. The molecule has 0 spiro atoms. The molecule has 0 bridgehead atoms. The molecule has 0 fully saturated rings. The number of fused-ring (bicyclic) bond motifs is 2. The van der Waals surface area contributed by atoms with E-state index in [0.29, 0.717) is 5.55 Å². The molecular formula is C24H18N2O2. The summed E-state index contributed by atoms with van der Waals surface area (Å²) in [7, 11) is 0. The maximum Gasteiger partial charge on any atom is 0.241 e. The van der Waals surface area contributed by atoms with Crippen LogP contribution >= 0.6 is 0 Å². The van der Waals surface area contributed by atoms with Crippen LogP contribution in [-0.4, -0.2) is 0 Å². The number of ether oxygens (including phenoxy) is 1. The first-order valence-electron chi connectivity index (χ1n) is 9.15. The fourth-order valence-electron chi connectivity index (χ4n) is 3.31. The van der Waals surface area contributed by atoms with Crippen molar-refractivity contribution in [2.75, 3.05) is 0 Å². The number of hydrogen-bond acceptors (Lipinski definition) is 4. The number of nitrogens with zero attached hydrogens (tertiary/aromatic N) is 1. The summed E-state index contributed by atoms with van der Waals surface area (Å²) in [6.45, 7) is 0. The Balaban J connectivity index is 1.58. The van der Waals surface area contributed by atoms with Gasteiger partial charge in [0.05, 0.1) is 0 Å². The van der Waals surface area contributed by atoms with Gasteiger partial charge in [-0.15, -0.1) is 5.10 Å². The van der Waals surface area contributed by atoms with Gasteiger partial charge in [0, 0.05) is 22.6 Å². The molecule has 1 unspecified atom stereocenters. The minimum absolute atomic E-state index is 0.477. The third-order valence-electron chi connectivity index (χ3n) is 4.76. The van der Waals surface area contributed by atoms with Crippen LogP contribution in [0.5, 0.6) is 5.75 Å². The van der Waals surface area contributed by atoms with Crippen LogP contribution in [0.1, 0.15) is 11.1 Å². The second kappa shape index (κ2) is 6.74. The average molecular weight is 366 g/mol. The summed E-state index contributed by atoms with van der Waals surface area (Å²) < 4.78 is 12.3. The van der Waals surface area contributed by atoms with Crippen molar-refractivity contribution in [1.82, 2.24) is 5.43 Å². The van der Waals surface area contributed by atoms with Gasteiger partial charge in [-0.05, 0) is 30.4 Å². The molecule has 4 nitrogen and oxygen atoms in total. The third-order valence-corrected chi connectivity index (χ3v) is 4.76. The predicted molar refractivity (Wildman–Crippen MR) is 109 cm³/mol. The van der Waals surface area contributed by atoms with Crippen molar-refractivity contribution in [3.63, 3.8) is 0 Å². The van der Waals surface area contributed by atoms with Crippen LogP contribution in [0.2, 0.25) is 0 Å². The summed E-state index contributed by atoms with van der Waals surface area (Å²) in [4.78, 5) is 0. The van der Waals surface area contributed by atoms with Gasteiger partial charge in [0.2, 0.25) is 11.3 Å². The van der Waals surface area contributed by atoms with Gasteiger partial charge in [-0.2, -0.15) is 0 Å². The predicted octanol–water partition coefficient (Wildman–Crippen LogP) is 4.80. The zero-order valence-corrected chi connectivity index (χ0v) is 15.1. The van der Waals surface area contributed by atoms with Crippen molar-refractivity contribution in [1.29, 1.82) is 0 Å². The fraction of sp³-hybridized carbons (Fsp3) is 0.0417. The van der Waals surface area contributed by atoms with Gasteiger partial charge in [0.25, 0.3) is 0 Å². The van der Waals surface area contributed by atoms with Crippen molar-refractivity contribution < 1.29 is 9.15 Å². The molecule has 1 aliphatic heterocycles. The van der Waals surface area contributed by atoms with E-state index in [2.05, 4.69) is 10.5 Å². The van der Waals surface area contributed by atoms with Gasteiger partial charge < -0.3 is 9.15 Å². The van der Waals surface area contributed by atoms with Gasteiger partial charge in [-0.1, -0.05) is 66.7 Å². The fourth-order valence-corrected chi connectivity index (χ4v) is 3.31. The number of hydrogen-bond donors (Lipinski definition) is 1. The van der Waals surface area contributed by atoms with Gasteiger partial charge in [0.1, 0.15) is 11.3 Å². The summed E-state index contributed by atoms with van der Waals surface area (Å²) in [6, 6.07) is 29.6. The molecular weight excluding hydrogens is 348 g/mol. The highest BCUT2D eigenvalue weighted by atomic mass is 16.5. The highest BCUT2D eigenvalue weighted by Crippen LogP contribution is 2.35. The number of rotatable bonds is 3. The summed E-state index contributed by atoms with van der Waals surface area (Å²) in [5.41, 5.74) is 5.52.